The van der Waals surface area contributed by atoms with Crippen molar-refractivity contribution in [2.75, 3.05) is 26.3 Å². The topological polar surface area (TPSA) is 58.6 Å². The highest BCUT2D eigenvalue weighted by Crippen LogP contribution is 2.37. The molecule has 1 atom stereocenters. The largest absolute Gasteiger partial charge is 0.377 e. The summed E-state index contributed by atoms with van der Waals surface area (Å²) >= 11 is 7.84. The second-order valence-corrected chi connectivity index (χ2v) is 7.36. The van der Waals surface area contributed by atoms with Crippen molar-refractivity contribution in [3.8, 4) is 0 Å². The molecule has 0 radical (unpaired) electrons. The predicted octanol–water partition coefficient (Wildman–Crippen LogP) is 2.54. The number of thiophene rings is 1. The Morgan fingerprint density at radius 3 is 3.13 bits per heavy atom. The van der Waals surface area contributed by atoms with Crippen molar-refractivity contribution in [1.82, 2.24) is 19.8 Å². The number of fused-ring (bicyclic) bond motifs is 3. The van der Waals surface area contributed by atoms with E-state index >= 15 is 0 Å². The average molecular weight is 353 g/mol. The number of halogens is 1. The minimum Gasteiger partial charge on any atom is -0.377 e. The van der Waals surface area contributed by atoms with Gasteiger partial charge in [0.1, 0.15) is 16.3 Å². The van der Waals surface area contributed by atoms with Gasteiger partial charge in [0.2, 0.25) is 0 Å². The van der Waals surface area contributed by atoms with Crippen molar-refractivity contribution in [3.05, 3.63) is 21.9 Å². The van der Waals surface area contributed by atoms with Gasteiger partial charge in [-0.1, -0.05) is 11.6 Å². The molecule has 2 aromatic rings. The Hall–Kier alpha value is -1.44. The summed E-state index contributed by atoms with van der Waals surface area (Å²) < 4.78 is 5.42. The Bertz CT molecular complexity index is 765. The maximum absolute atomic E-state index is 12.8. The van der Waals surface area contributed by atoms with Crippen LogP contribution in [0.4, 0.5) is 4.79 Å². The van der Waals surface area contributed by atoms with E-state index in [1.54, 1.807) is 11.3 Å². The molecule has 4 heterocycles. The molecule has 2 aromatic heterocycles. The third-order valence-electron chi connectivity index (χ3n) is 4.47. The van der Waals surface area contributed by atoms with Crippen LogP contribution in [0.2, 0.25) is 5.15 Å². The summed E-state index contributed by atoms with van der Waals surface area (Å²) in [7, 11) is 0. The van der Waals surface area contributed by atoms with Crippen LogP contribution in [0.25, 0.3) is 10.2 Å². The van der Waals surface area contributed by atoms with Crippen molar-refractivity contribution >= 4 is 39.2 Å². The zero-order valence-electron chi connectivity index (χ0n) is 12.8. The highest BCUT2D eigenvalue weighted by atomic mass is 35.5. The molecule has 0 N–H and O–H groups in total. The van der Waals surface area contributed by atoms with Gasteiger partial charge in [-0.25, -0.2) is 14.8 Å². The third-order valence-corrected chi connectivity index (χ3v) is 5.89. The Kier molecular flexibility index (Phi) is 3.87. The normalized spacial score (nSPS) is 21.6. The van der Waals surface area contributed by atoms with Gasteiger partial charge in [0, 0.05) is 18.0 Å². The fourth-order valence-corrected chi connectivity index (χ4v) is 4.75. The van der Waals surface area contributed by atoms with Gasteiger partial charge in [0.25, 0.3) is 0 Å². The molecule has 23 heavy (non-hydrogen) atoms. The average Bonchev–Trinajstić information content (AvgIpc) is 2.93. The van der Waals surface area contributed by atoms with E-state index < -0.39 is 0 Å². The Labute approximate surface area is 143 Å². The first-order valence-corrected chi connectivity index (χ1v) is 8.88. The van der Waals surface area contributed by atoms with Crippen molar-refractivity contribution < 1.29 is 9.53 Å². The lowest BCUT2D eigenvalue weighted by atomic mass is 10.1. The molecule has 6 nitrogen and oxygen atoms in total. The number of urea groups is 1. The van der Waals surface area contributed by atoms with E-state index in [4.69, 9.17) is 16.3 Å². The molecule has 122 valence electrons. The molecule has 0 saturated carbocycles. The molecule has 2 aliphatic rings. The molecule has 0 unspecified atom stereocenters. The number of nitrogens with zero attached hydrogens (tertiary/aromatic N) is 4. The Balaban J connectivity index is 1.60. The molecular formula is C15H17ClN4O2S. The van der Waals surface area contributed by atoms with E-state index in [1.807, 2.05) is 16.7 Å². The number of aromatic nitrogens is 2. The van der Waals surface area contributed by atoms with E-state index in [-0.39, 0.29) is 12.1 Å². The van der Waals surface area contributed by atoms with Crippen LogP contribution in [-0.4, -0.2) is 58.1 Å². The van der Waals surface area contributed by atoms with E-state index in [0.717, 1.165) is 16.6 Å². The first-order chi connectivity index (χ1) is 11.1. The number of hydrogen-bond acceptors (Lipinski definition) is 5. The third kappa shape index (κ3) is 2.56. The standard InChI is InChI=1S/C15H17ClN4O2S/c1-9-7-22-5-4-20(9)15(21)19-3-2-10-11(6-19)23-14-12(10)13(16)17-8-18-14/h8-9H,2-7H2,1H3/t9-/m0/s1. The molecule has 8 heteroatoms. The van der Waals surface area contributed by atoms with Gasteiger partial charge in [-0.15, -0.1) is 11.3 Å². The van der Waals surface area contributed by atoms with Crippen LogP contribution in [0.15, 0.2) is 6.33 Å². The SMILES string of the molecule is C[C@H]1COCCN1C(=O)N1CCc2c(sc3ncnc(Cl)c23)C1. The summed E-state index contributed by atoms with van der Waals surface area (Å²) in [6, 6.07) is 0.224. The predicted molar refractivity (Wildman–Crippen MR) is 88.9 cm³/mol. The van der Waals surface area contributed by atoms with Gasteiger partial charge in [0.15, 0.2) is 0 Å². The fourth-order valence-electron chi connectivity index (χ4n) is 3.25. The van der Waals surface area contributed by atoms with Crippen LogP contribution in [0, 0.1) is 0 Å². The summed E-state index contributed by atoms with van der Waals surface area (Å²) in [4.78, 5) is 27.1. The highest BCUT2D eigenvalue weighted by molar-refractivity contribution is 7.19. The van der Waals surface area contributed by atoms with Crippen LogP contribution in [0.1, 0.15) is 17.4 Å². The molecule has 1 saturated heterocycles. The monoisotopic (exact) mass is 352 g/mol. The number of carbonyl (C=O) groups excluding carboxylic acids is 1. The molecule has 2 amide bonds. The van der Waals surface area contributed by atoms with E-state index in [1.165, 1.54) is 16.8 Å². The second kappa shape index (κ2) is 5.89. The summed E-state index contributed by atoms with van der Waals surface area (Å²) in [6.45, 7) is 5.24. The molecular weight excluding hydrogens is 336 g/mol. The lowest BCUT2D eigenvalue weighted by Crippen LogP contribution is -2.53. The van der Waals surface area contributed by atoms with Crippen LogP contribution in [-0.2, 0) is 17.7 Å². The van der Waals surface area contributed by atoms with Crippen LogP contribution in [0.5, 0.6) is 0 Å². The van der Waals surface area contributed by atoms with Crippen molar-refractivity contribution in [1.29, 1.82) is 0 Å². The van der Waals surface area contributed by atoms with Crippen LogP contribution in [0.3, 0.4) is 0 Å². The quantitative estimate of drug-likeness (QED) is 0.684. The number of amides is 2. The molecule has 1 fully saturated rings. The molecule has 0 spiro atoms. The van der Waals surface area contributed by atoms with Gasteiger partial charge in [-0.3, -0.25) is 0 Å². The molecule has 2 aliphatic heterocycles. The number of ether oxygens (including phenoxy) is 1. The second-order valence-electron chi connectivity index (χ2n) is 5.92. The van der Waals surface area contributed by atoms with Crippen molar-refractivity contribution in [3.63, 3.8) is 0 Å². The Morgan fingerprint density at radius 1 is 1.43 bits per heavy atom. The molecule has 4 rings (SSSR count). The van der Waals surface area contributed by atoms with Gasteiger partial charge < -0.3 is 14.5 Å². The summed E-state index contributed by atoms with van der Waals surface area (Å²) in [5, 5.41) is 1.47. The number of morpholine rings is 1. The van der Waals surface area contributed by atoms with Gasteiger partial charge in [-0.2, -0.15) is 0 Å². The first-order valence-electron chi connectivity index (χ1n) is 7.69. The van der Waals surface area contributed by atoms with E-state index in [0.29, 0.717) is 38.0 Å². The summed E-state index contributed by atoms with van der Waals surface area (Å²) in [5.41, 5.74) is 1.20. The number of rotatable bonds is 0. The molecule has 0 aliphatic carbocycles. The zero-order valence-corrected chi connectivity index (χ0v) is 14.4. The minimum absolute atomic E-state index is 0.0982. The number of hydrogen-bond donors (Lipinski definition) is 0. The lowest BCUT2D eigenvalue weighted by Gasteiger charge is -2.38. The van der Waals surface area contributed by atoms with Gasteiger partial charge in [-0.05, 0) is 18.9 Å². The smallest absolute Gasteiger partial charge is 0.320 e. The van der Waals surface area contributed by atoms with Crippen molar-refractivity contribution in [2.24, 2.45) is 0 Å². The summed E-state index contributed by atoms with van der Waals surface area (Å²) in [5.74, 6) is 0. The molecule has 0 aromatic carbocycles. The zero-order chi connectivity index (χ0) is 16.0. The van der Waals surface area contributed by atoms with Gasteiger partial charge >= 0.3 is 6.03 Å². The number of carbonyl (C=O) groups is 1. The fraction of sp³-hybridized carbons (Fsp3) is 0.533. The lowest BCUT2D eigenvalue weighted by molar-refractivity contribution is 0.00947. The minimum atomic E-state index is 0.0982. The van der Waals surface area contributed by atoms with Gasteiger partial charge in [0.05, 0.1) is 31.2 Å². The first kappa shape index (κ1) is 15.1. The van der Waals surface area contributed by atoms with Crippen LogP contribution >= 0.6 is 22.9 Å². The van der Waals surface area contributed by atoms with E-state index in [2.05, 4.69) is 9.97 Å². The van der Waals surface area contributed by atoms with E-state index in [9.17, 15) is 4.79 Å². The maximum Gasteiger partial charge on any atom is 0.320 e. The Morgan fingerprint density at radius 2 is 2.30 bits per heavy atom. The molecule has 0 bridgehead atoms. The van der Waals surface area contributed by atoms with Crippen LogP contribution < -0.4 is 0 Å². The highest BCUT2D eigenvalue weighted by Gasteiger charge is 2.31. The van der Waals surface area contributed by atoms with Crippen molar-refractivity contribution in [2.45, 2.75) is 25.9 Å². The summed E-state index contributed by atoms with van der Waals surface area (Å²) in [6.07, 6.45) is 2.29. The maximum atomic E-state index is 12.8.